The normalized spacial score (nSPS) is 10.8. The fourth-order valence-corrected chi connectivity index (χ4v) is 1.21. The van der Waals surface area contributed by atoms with Crippen molar-refractivity contribution in [1.82, 2.24) is 0 Å². The van der Waals surface area contributed by atoms with E-state index in [0.29, 0.717) is 6.61 Å². The zero-order valence-electron chi connectivity index (χ0n) is 8.54. The summed E-state index contributed by atoms with van der Waals surface area (Å²) >= 11 is 0. The van der Waals surface area contributed by atoms with Gasteiger partial charge in [0.1, 0.15) is 0 Å². The van der Waals surface area contributed by atoms with Crippen LogP contribution in [0.4, 0.5) is 0 Å². The number of allylic oxidation sites excluding steroid dienone is 3. The van der Waals surface area contributed by atoms with Gasteiger partial charge in [-0.1, -0.05) is 37.5 Å². The molecule has 76 valence electrons. The second-order valence-electron chi connectivity index (χ2n) is 3.28. The zero-order valence-corrected chi connectivity index (χ0v) is 8.54. The fourth-order valence-electron chi connectivity index (χ4n) is 1.21. The molecule has 0 aliphatic rings. The van der Waals surface area contributed by atoms with Crippen LogP contribution in [0.15, 0.2) is 24.8 Å². The lowest BCUT2D eigenvalue weighted by molar-refractivity contribution is 0.282. The second-order valence-corrected chi connectivity index (χ2v) is 3.28. The summed E-state index contributed by atoms with van der Waals surface area (Å²) < 4.78 is 0. The molecule has 0 radical (unpaired) electrons. The molecule has 0 bridgehead atoms. The Morgan fingerprint density at radius 2 is 1.62 bits per heavy atom. The van der Waals surface area contributed by atoms with Crippen LogP contribution in [0.2, 0.25) is 0 Å². The van der Waals surface area contributed by atoms with Crippen LogP contribution in [0, 0.1) is 0 Å². The topological polar surface area (TPSA) is 20.2 Å². The summed E-state index contributed by atoms with van der Waals surface area (Å²) in [5.74, 6) is 0. The number of hydrogen-bond acceptors (Lipinski definition) is 1. The van der Waals surface area contributed by atoms with Crippen LogP contribution in [0.5, 0.6) is 0 Å². The first-order valence-corrected chi connectivity index (χ1v) is 5.28. The average Bonchev–Trinajstić information content (AvgIpc) is 2.16. The first kappa shape index (κ1) is 12.4. The molecule has 0 aromatic carbocycles. The molecule has 0 saturated carbocycles. The Kier molecular flexibility index (Phi) is 10.9. The molecule has 13 heavy (non-hydrogen) atoms. The van der Waals surface area contributed by atoms with Gasteiger partial charge in [-0.2, -0.15) is 0 Å². The monoisotopic (exact) mass is 182 g/mol. The van der Waals surface area contributed by atoms with Crippen molar-refractivity contribution in [3.05, 3.63) is 24.8 Å². The summed E-state index contributed by atoms with van der Waals surface area (Å²) in [6, 6.07) is 0. The van der Waals surface area contributed by atoms with Crippen LogP contribution in [0.25, 0.3) is 0 Å². The number of aliphatic hydroxyl groups excluding tert-OH is 1. The molecule has 0 unspecified atom stereocenters. The smallest absolute Gasteiger partial charge is 0.0431 e. The Morgan fingerprint density at radius 3 is 2.31 bits per heavy atom. The predicted octanol–water partition coefficient (Wildman–Crippen LogP) is 3.45. The lowest BCUT2D eigenvalue weighted by Crippen LogP contribution is -1.83. The Morgan fingerprint density at radius 1 is 0.923 bits per heavy atom. The molecule has 0 atom stereocenters. The van der Waals surface area contributed by atoms with Crippen LogP contribution in [0.3, 0.4) is 0 Å². The molecule has 0 fully saturated rings. The van der Waals surface area contributed by atoms with Gasteiger partial charge in [0.25, 0.3) is 0 Å². The van der Waals surface area contributed by atoms with Gasteiger partial charge in [0, 0.05) is 6.61 Å². The molecule has 1 heteroatoms. The number of rotatable bonds is 9. The van der Waals surface area contributed by atoms with Crippen LogP contribution >= 0.6 is 0 Å². The van der Waals surface area contributed by atoms with Crippen LogP contribution in [-0.2, 0) is 0 Å². The summed E-state index contributed by atoms with van der Waals surface area (Å²) in [6.07, 6.45) is 14.5. The summed E-state index contributed by atoms with van der Waals surface area (Å²) in [7, 11) is 0. The molecule has 0 aromatic rings. The zero-order chi connectivity index (χ0) is 9.78. The van der Waals surface area contributed by atoms with Gasteiger partial charge >= 0.3 is 0 Å². The van der Waals surface area contributed by atoms with Gasteiger partial charge < -0.3 is 5.11 Å². The van der Waals surface area contributed by atoms with Gasteiger partial charge in [-0.05, 0) is 25.7 Å². The maximum Gasteiger partial charge on any atom is 0.0431 e. The number of unbranched alkanes of at least 4 members (excludes halogenated alkanes) is 5. The highest BCUT2D eigenvalue weighted by Gasteiger charge is 1.87. The Bertz CT molecular complexity index is 127. The van der Waals surface area contributed by atoms with Crippen LogP contribution in [0.1, 0.15) is 44.9 Å². The van der Waals surface area contributed by atoms with E-state index in [1.807, 2.05) is 6.08 Å². The highest BCUT2D eigenvalue weighted by atomic mass is 16.2. The highest BCUT2D eigenvalue weighted by Crippen LogP contribution is 2.05. The van der Waals surface area contributed by atoms with Crippen molar-refractivity contribution in [2.75, 3.05) is 6.61 Å². The van der Waals surface area contributed by atoms with E-state index in [1.54, 1.807) is 0 Å². The van der Waals surface area contributed by atoms with E-state index in [2.05, 4.69) is 18.7 Å². The molecule has 0 aromatic heterocycles. The van der Waals surface area contributed by atoms with Gasteiger partial charge in [-0.3, -0.25) is 0 Å². The van der Waals surface area contributed by atoms with Crippen molar-refractivity contribution in [1.29, 1.82) is 0 Å². The molecular formula is C12H22O. The van der Waals surface area contributed by atoms with Crippen molar-refractivity contribution in [2.45, 2.75) is 44.9 Å². The third-order valence-corrected chi connectivity index (χ3v) is 2.00. The first-order valence-electron chi connectivity index (χ1n) is 5.28. The minimum absolute atomic E-state index is 0.346. The molecule has 0 heterocycles. The highest BCUT2D eigenvalue weighted by molar-refractivity contribution is 4.87. The second kappa shape index (κ2) is 11.4. The van der Waals surface area contributed by atoms with Crippen molar-refractivity contribution >= 4 is 0 Å². The van der Waals surface area contributed by atoms with E-state index in [0.717, 1.165) is 12.8 Å². The number of aliphatic hydroxyl groups is 1. The molecule has 1 N–H and O–H groups in total. The van der Waals surface area contributed by atoms with Crippen molar-refractivity contribution in [3.63, 3.8) is 0 Å². The molecule has 0 amide bonds. The Hall–Kier alpha value is -0.560. The minimum atomic E-state index is 0.346. The lowest BCUT2D eigenvalue weighted by atomic mass is 10.1. The maximum atomic E-state index is 8.55. The van der Waals surface area contributed by atoms with Gasteiger partial charge in [-0.15, -0.1) is 6.58 Å². The van der Waals surface area contributed by atoms with E-state index < -0.39 is 0 Å². The molecule has 0 aliphatic carbocycles. The van der Waals surface area contributed by atoms with Gasteiger partial charge in [-0.25, -0.2) is 0 Å². The fraction of sp³-hybridized carbons (Fsp3) is 0.667. The third kappa shape index (κ3) is 11.4. The van der Waals surface area contributed by atoms with E-state index in [-0.39, 0.29) is 0 Å². The van der Waals surface area contributed by atoms with E-state index >= 15 is 0 Å². The first-order chi connectivity index (χ1) is 6.41. The number of hydrogen-bond donors (Lipinski definition) is 1. The van der Waals surface area contributed by atoms with Gasteiger partial charge in [0.15, 0.2) is 0 Å². The van der Waals surface area contributed by atoms with Crippen molar-refractivity contribution < 1.29 is 5.11 Å². The standard InChI is InChI=1S/C12H22O/c1-2-3-4-5-6-7-8-9-10-11-12-13/h2,4-5,13H,1,3,6-12H2. The van der Waals surface area contributed by atoms with E-state index in [4.69, 9.17) is 5.11 Å². The van der Waals surface area contributed by atoms with Crippen molar-refractivity contribution in [2.24, 2.45) is 0 Å². The minimum Gasteiger partial charge on any atom is -0.396 e. The summed E-state index contributed by atoms with van der Waals surface area (Å²) in [4.78, 5) is 0. The quantitative estimate of drug-likeness (QED) is 0.428. The average molecular weight is 182 g/mol. The SMILES string of the molecule is C=CCC=CCCCCCCCO. The molecule has 0 rings (SSSR count). The molecule has 0 saturated heterocycles. The summed E-state index contributed by atoms with van der Waals surface area (Å²) in [5.41, 5.74) is 0. The van der Waals surface area contributed by atoms with Crippen LogP contribution in [-0.4, -0.2) is 11.7 Å². The summed E-state index contributed by atoms with van der Waals surface area (Å²) in [5, 5.41) is 8.55. The predicted molar refractivity (Wildman–Crippen MR) is 58.7 cm³/mol. The lowest BCUT2D eigenvalue weighted by Gasteiger charge is -1.96. The third-order valence-electron chi connectivity index (χ3n) is 2.00. The van der Waals surface area contributed by atoms with Gasteiger partial charge in [0.05, 0.1) is 0 Å². The molecular weight excluding hydrogens is 160 g/mol. The van der Waals surface area contributed by atoms with E-state index in [1.165, 1.54) is 32.1 Å². The molecule has 1 nitrogen and oxygen atoms in total. The van der Waals surface area contributed by atoms with E-state index in [9.17, 15) is 0 Å². The van der Waals surface area contributed by atoms with Crippen molar-refractivity contribution in [3.8, 4) is 0 Å². The summed E-state index contributed by atoms with van der Waals surface area (Å²) in [6.45, 7) is 4.00. The molecule has 0 spiro atoms. The Balaban J connectivity index is 2.94. The largest absolute Gasteiger partial charge is 0.396 e. The maximum absolute atomic E-state index is 8.55. The Labute approximate surface area is 82.2 Å². The van der Waals surface area contributed by atoms with Gasteiger partial charge in [0.2, 0.25) is 0 Å². The molecule has 0 aliphatic heterocycles. The van der Waals surface area contributed by atoms with Crippen LogP contribution < -0.4 is 0 Å².